The number of carbonyl (C=O) groups excluding carboxylic acids is 9. The van der Waals surface area contributed by atoms with Gasteiger partial charge in [0.15, 0.2) is 61.8 Å². The molecule has 0 aliphatic carbocycles. The van der Waals surface area contributed by atoms with Crippen LogP contribution in [0.15, 0.2) is 187 Å². The maximum absolute atomic E-state index is 15.0. The van der Waals surface area contributed by atoms with Gasteiger partial charge in [-0.1, -0.05) is 139 Å². The molecule has 5 fully saturated rings. The first kappa shape index (κ1) is 82.6. The van der Waals surface area contributed by atoms with Crippen LogP contribution >= 0.6 is 11.6 Å². The van der Waals surface area contributed by atoms with Crippen LogP contribution in [0.1, 0.15) is 80.3 Å². The van der Waals surface area contributed by atoms with Gasteiger partial charge in [0.25, 0.3) is 0 Å². The summed E-state index contributed by atoms with van der Waals surface area (Å²) in [6.45, 7) is 0.864. The molecule has 2 bridgehead atoms. The van der Waals surface area contributed by atoms with E-state index in [1.807, 2.05) is 0 Å². The van der Waals surface area contributed by atoms with Gasteiger partial charge in [0.05, 0.1) is 42.1 Å². The molecule has 2 N–H and O–H groups in total. The molecule has 0 unspecified atom stereocenters. The Morgan fingerprint density at radius 3 is 1.39 bits per heavy atom. The molecule has 112 heavy (non-hydrogen) atoms. The fourth-order valence-electron chi connectivity index (χ4n) is 13.0. The number of nitrogens with zero attached hydrogens (tertiary/aromatic N) is 3. The van der Waals surface area contributed by atoms with E-state index in [0.29, 0.717) is 11.1 Å². The number of benzene rings is 6. The van der Waals surface area contributed by atoms with E-state index in [2.05, 4.69) is 10.0 Å². The van der Waals surface area contributed by atoms with Gasteiger partial charge in [-0.2, -0.15) is 0 Å². The lowest BCUT2D eigenvalue weighted by Gasteiger charge is -2.50. The topological polar surface area (TPSA) is 418 Å². The summed E-state index contributed by atoms with van der Waals surface area (Å²) in [5, 5.41) is 29.5. The van der Waals surface area contributed by atoms with E-state index in [-0.39, 0.29) is 35.5 Å². The number of aliphatic hydroxyl groups is 2. The molecule has 5 heterocycles. The number of rotatable bonds is 32. The Bertz CT molecular complexity index is 4200. The van der Waals surface area contributed by atoms with Crippen LogP contribution in [0.5, 0.6) is 0 Å². The maximum atomic E-state index is 15.0. The summed E-state index contributed by atoms with van der Waals surface area (Å²) in [6, 6.07) is 45.6. The van der Waals surface area contributed by atoms with Gasteiger partial charge in [0, 0.05) is 32.6 Å². The van der Waals surface area contributed by atoms with Crippen molar-refractivity contribution < 1.29 is 143 Å². The van der Waals surface area contributed by atoms with Gasteiger partial charge in [0.2, 0.25) is 0 Å². The summed E-state index contributed by atoms with van der Waals surface area (Å²) in [6.07, 6.45) is -40.6. The molecule has 34 heteroatoms. The zero-order valence-corrected chi connectivity index (χ0v) is 61.3. The fourth-order valence-corrected chi connectivity index (χ4v) is 13.1. The highest BCUT2D eigenvalue weighted by Crippen LogP contribution is 2.44. The number of hydrogen-bond acceptors (Lipinski definition) is 31. The highest BCUT2D eigenvalue weighted by Gasteiger charge is 2.64. The van der Waals surface area contributed by atoms with Crippen molar-refractivity contribution in [3.05, 3.63) is 226 Å². The normalized spacial score (nSPS) is 28.8. The van der Waals surface area contributed by atoms with E-state index < -0.39 is 221 Å². The third kappa shape index (κ3) is 21.5. The van der Waals surface area contributed by atoms with Crippen LogP contribution in [0, 0.1) is 0 Å². The lowest BCUT2D eigenvalue weighted by molar-refractivity contribution is -0.390. The molecule has 33 nitrogen and oxygen atoms in total. The summed E-state index contributed by atoms with van der Waals surface area (Å²) in [7, 11) is 0. The molecule has 0 amide bonds. The van der Waals surface area contributed by atoms with Crippen LogP contribution in [0.2, 0.25) is 0 Å². The number of alkyl halides is 1. The molecule has 0 radical (unpaired) electrons. The molecule has 22 atom stereocenters. The van der Waals surface area contributed by atoms with Crippen LogP contribution in [0.25, 0.3) is 10.4 Å². The van der Waals surface area contributed by atoms with Crippen LogP contribution < -0.4 is 0 Å². The minimum absolute atomic E-state index is 0.0294. The lowest BCUT2D eigenvalue weighted by atomic mass is 9.93. The predicted molar refractivity (Wildman–Crippen MR) is 379 cm³/mol. The van der Waals surface area contributed by atoms with Crippen molar-refractivity contribution in [2.75, 3.05) is 32.3 Å². The molecule has 11 rings (SSSR count). The average Bonchev–Trinajstić information content (AvgIpc) is 1.05. The largest absolute Gasteiger partial charge is 0.463 e. The van der Waals surface area contributed by atoms with E-state index in [0.717, 1.165) is 27.7 Å². The second kappa shape index (κ2) is 39.7. The van der Waals surface area contributed by atoms with Gasteiger partial charge in [-0.25, -0.2) is 19.2 Å². The van der Waals surface area contributed by atoms with E-state index >= 15 is 4.79 Å². The average molecular weight is 1570 g/mol. The van der Waals surface area contributed by atoms with Crippen LogP contribution in [0.4, 0.5) is 0 Å². The monoisotopic (exact) mass is 1570 g/mol. The quantitative estimate of drug-likeness (QED) is 0.0116. The third-order valence-electron chi connectivity index (χ3n) is 18.1. The molecular formula is C78H80ClN3O30. The highest BCUT2D eigenvalue weighted by atomic mass is 35.5. The molecular weight excluding hydrogens is 1490 g/mol. The zero-order valence-electron chi connectivity index (χ0n) is 60.5. The highest BCUT2D eigenvalue weighted by molar-refractivity contribution is 6.26. The Balaban J connectivity index is 1.09. The second-order valence-corrected chi connectivity index (χ2v) is 26.3. The van der Waals surface area contributed by atoms with Crippen LogP contribution in [0.3, 0.4) is 0 Å². The zero-order chi connectivity index (χ0) is 79.4. The molecule has 5 saturated heterocycles. The molecule has 5 aliphatic rings. The molecule has 6 aromatic rings. The molecule has 0 aromatic heterocycles. The fraction of sp³-hybridized carbons (Fsp3) is 0.423. The van der Waals surface area contributed by atoms with Gasteiger partial charge < -0.3 is 100 Å². The van der Waals surface area contributed by atoms with Gasteiger partial charge >= 0.3 is 53.7 Å². The first-order valence-corrected chi connectivity index (χ1v) is 36.0. The maximum Gasteiger partial charge on any atom is 0.338 e. The lowest BCUT2D eigenvalue weighted by Crippen LogP contribution is -2.69. The number of halogens is 1. The van der Waals surface area contributed by atoms with Crippen molar-refractivity contribution in [3.63, 3.8) is 0 Å². The first-order valence-electron chi connectivity index (χ1n) is 35.4. The Kier molecular flexibility index (Phi) is 29.3. The van der Waals surface area contributed by atoms with Gasteiger partial charge in [-0.3, -0.25) is 24.0 Å². The van der Waals surface area contributed by atoms with E-state index in [1.54, 1.807) is 109 Å². The molecule has 594 valence electrons. The molecule has 0 spiro atoms. The third-order valence-corrected chi connectivity index (χ3v) is 18.4. The van der Waals surface area contributed by atoms with Crippen molar-refractivity contribution in [2.45, 2.75) is 176 Å². The van der Waals surface area contributed by atoms with Gasteiger partial charge in [0.1, 0.15) is 98.9 Å². The molecule has 5 aliphatic heterocycles. The Hall–Kier alpha value is -10.3. The van der Waals surface area contributed by atoms with E-state index in [4.69, 9.17) is 102 Å². The van der Waals surface area contributed by atoms with Gasteiger partial charge in [-0.05, 0) is 65.2 Å². The molecule has 0 saturated carbocycles. The smallest absolute Gasteiger partial charge is 0.338 e. The van der Waals surface area contributed by atoms with Crippen molar-refractivity contribution in [2.24, 2.45) is 5.11 Å². The SMILES string of the molecule is CC(=O)OC[C@@H]1O[C@@H]2O[C@H]1[C@@H](O[C@@H]1O[C@H](COC(=O)c3ccccc3)[C@@H](OC(=O)c3ccccc3)[C@H](OC(=O)c3ccccc3)[C@H]1OC(=O)c1ccccc1)[C@H](O[C@H]1O[C@H]([C@H](COCc3ccccc3)OC(=O)CCl)[C@@H](O)[C@H](O)[C@@H]1O[C@@H]1O[C@H](COC(C)=O)[C@@H](OC(C)=O)[C@H](OC(C)=O)[C@H]1N=[N+]=[N-])[C@@H]2OCc1ccccc1. The van der Waals surface area contributed by atoms with Crippen molar-refractivity contribution in [3.8, 4) is 0 Å². The summed E-state index contributed by atoms with van der Waals surface area (Å²) in [5.74, 6) is -9.68. The number of fused-ring (bicyclic) bond motifs is 2. The summed E-state index contributed by atoms with van der Waals surface area (Å²) >= 11 is 6.08. The van der Waals surface area contributed by atoms with E-state index in [9.17, 15) is 54.1 Å². The van der Waals surface area contributed by atoms with Gasteiger partial charge in [-0.15, -0.1) is 11.6 Å². The van der Waals surface area contributed by atoms with Crippen molar-refractivity contribution in [1.29, 1.82) is 0 Å². The number of hydrogen-bond donors (Lipinski definition) is 2. The minimum Gasteiger partial charge on any atom is -0.463 e. The van der Waals surface area contributed by atoms with Crippen molar-refractivity contribution in [1.82, 2.24) is 0 Å². The van der Waals surface area contributed by atoms with Crippen LogP contribution in [-0.2, 0) is 127 Å². The predicted octanol–water partition coefficient (Wildman–Crippen LogP) is 6.32. The first-order chi connectivity index (χ1) is 54.1. The molecule has 6 aromatic carbocycles. The van der Waals surface area contributed by atoms with Crippen molar-refractivity contribution >= 4 is 65.3 Å². The Morgan fingerprint density at radius 1 is 0.438 bits per heavy atom. The summed E-state index contributed by atoms with van der Waals surface area (Å²) in [4.78, 5) is 127. The van der Waals surface area contributed by atoms with Crippen LogP contribution in [-0.4, -0.2) is 231 Å². The number of aliphatic hydroxyl groups excluding tert-OH is 2. The number of esters is 9. The second-order valence-electron chi connectivity index (χ2n) is 26.0. The van der Waals surface area contributed by atoms with E-state index in [1.165, 1.54) is 72.8 Å². The summed E-state index contributed by atoms with van der Waals surface area (Å²) in [5.41, 5.74) is 11.3. The number of ether oxygens (including phenoxy) is 19. The summed E-state index contributed by atoms with van der Waals surface area (Å²) < 4.78 is 121. The Morgan fingerprint density at radius 2 is 0.875 bits per heavy atom. The number of carbonyl (C=O) groups is 9. The standard InChI is InChI=1S/C78H80ClN3O30/c1-42(83)95-39-53-61(99-44(3)85)64(100-45(4)86)57(81-82-80)75(102-53)110-65-59(89)58(88)60(52(101-56(87)35-79)38-94-36-46-23-11-5-12-24-46)108-76(65)112-68-66(63-54(40-96-43(2)84)103-77(109-63)69(68)97-37-47-25-13-6-14-26-47)111-78-70(107-74(93)51-33-21-10-22-34-51)67(106-73(92)50-31-19-9-20-32-50)62(105-72(91)49-29-17-8-18-30-49)55(104-78)41-98-71(90)48-27-15-7-16-28-48/h5-34,52-55,57-70,75-78,88-89H,35-41H2,1-4H3/t52-,53+,54-,55+,57+,58-,59-,60+,61+,62+,63+,64+,65-,66+,67-,68-,69-,70+,75-,76+,77+,78-/m0/s1. The number of azide groups is 1. The Labute approximate surface area is 645 Å². The minimum atomic E-state index is -2.37.